The molecule has 1 atom stereocenters. The highest BCUT2D eigenvalue weighted by molar-refractivity contribution is 6.01. The number of nitrogens with zero attached hydrogens (tertiary/aromatic N) is 2. The van der Waals surface area contributed by atoms with Gasteiger partial charge < -0.3 is 5.73 Å². The Morgan fingerprint density at radius 2 is 2.46 bits per heavy atom. The van der Waals surface area contributed by atoms with Crippen molar-refractivity contribution in [2.45, 2.75) is 13.0 Å². The third-order valence-corrected chi connectivity index (χ3v) is 1.48. The Bertz CT molecular complexity index is 343. The third-order valence-electron chi connectivity index (χ3n) is 1.48. The van der Waals surface area contributed by atoms with Crippen LogP contribution in [0.3, 0.4) is 0 Å². The van der Waals surface area contributed by atoms with E-state index in [0.29, 0.717) is 0 Å². The maximum Gasteiger partial charge on any atom is 0.317 e. The van der Waals surface area contributed by atoms with E-state index in [1.807, 2.05) is 0 Å². The van der Waals surface area contributed by atoms with Gasteiger partial charge in [-0.25, -0.2) is 0 Å². The number of hydrogen-bond donors (Lipinski definition) is 2. The maximum absolute atomic E-state index is 11.2. The lowest BCUT2D eigenvalue weighted by Crippen LogP contribution is -2.27. The Hall–Kier alpha value is -1.76. The van der Waals surface area contributed by atoms with Crippen LogP contribution in [0.15, 0.2) is 6.20 Å². The van der Waals surface area contributed by atoms with Crippen LogP contribution < -0.4 is 5.73 Å². The van der Waals surface area contributed by atoms with Crippen molar-refractivity contribution < 1.29 is 9.72 Å². The predicted molar refractivity (Wildman–Crippen MR) is 43.2 cm³/mol. The van der Waals surface area contributed by atoms with E-state index in [2.05, 4.69) is 10.2 Å². The number of ketones is 1. The van der Waals surface area contributed by atoms with Crippen LogP contribution in [0.25, 0.3) is 0 Å². The summed E-state index contributed by atoms with van der Waals surface area (Å²) in [5.41, 5.74) is 4.78. The predicted octanol–water partition coefficient (Wildman–Crippen LogP) is -0.152. The van der Waals surface area contributed by atoms with E-state index in [1.54, 1.807) is 0 Å². The second-order valence-electron chi connectivity index (χ2n) is 2.54. The van der Waals surface area contributed by atoms with Gasteiger partial charge in [0.1, 0.15) is 6.20 Å². The summed E-state index contributed by atoms with van der Waals surface area (Å²) in [6.07, 6.45) is 0.982. The molecule has 7 heteroatoms. The Labute approximate surface area is 73.1 Å². The number of Topliss-reactive ketones (excluding diaryl/α,β-unsaturated/α-hetero) is 1. The normalized spacial score (nSPS) is 12.5. The SMILES string of the molecule is CC(N)C(=O)c1[nH]ncc1[N+](=O)[O-]. The molecule has 1 heterocycles. The van der Waals surface area contributed by atoms with Crippen LogP contribution >= 0.6 is 0 Å². The van der Waals surface area contributed by atoms with Gasteiger partial charge in [0.25, 0.3) is 0 Å². The van der Waals surface area contributed by atoms with Gasteiger partial charge in [0.15, 0.2) is 5.69 Å². The van der Waals surface area contributed by atoms with E-state index in [4.69, 9.17) is 5.73 Å². The second-order valence-corrected chi connectivity index (χ2v) is 2.54. The Balaban J connectivity index is 3.08. The van der Waals surface area contributed by atoms with E-state index in [1.165, 1.54) is 6.92 Å². The zero-order valence-corrected chi connectivity index (χ0v) is 6.85. The average Bonchev–Trinajstić information content (AvgIpc) is 2.50. The van der Waals surface area contributed by atoms with Crippen molar-refractivity contribution in [3.05, 3.63) is 22.0 Å². The molecular formula is C6H8N4O3. The molecule has 1 rings (SSSR count). The first-order chi connectivity index (χ1) is 6.04. The highest BCUT2D eigenvalue weighted by atomic mass is 16.6. The number of aromatic nitrogens is 2. The molecule has 13 heavy (non-hydrogen) atoms. The largest absolute Gasteiger partial charge is 0.321 e. The molecule has 0 aliphatic rings. The van der Waals surface area contributed by atoms with Crippen molar-refractivity contribution in [1.82, 2.24) is 10.2 Å². The molecule has 3 N–H and O–H groups in total. The summed E-state index contributed by atoms with van der Waals surface area (Å²) in [4.78, 5) is 20.9. The molecule has 0 aromatic carbocycles. The van der Waals surface area contributed by atoms with Gasteiger partial charge >= 0.3 is 5.69 Å². The van der Waals surface area contributed by atoms with Crippen molar-refractivity contribution in [1.29, 1.82) is 0 Å². The number of nitro groups is 1. The van der Waals surface area contributed by atoms with Crippen LogP contribution in [0.1, 0.15) is 17.4 Å². The van der Waals surface area contributed by atoms with Gasteiger partial charge in [-0.2, -0.15) is 5.10 Å². The summed E-state index contributed by atoms with van der Waals surface area (Å²) < 4.78 is 0. The minimum absolute atomic E-state index is 0.153. The summed E-state index contributed by atoms with van der Waals surface area (Å²) >= 11 is 0. The summed E-state index contributed by atoms with van der Waals surface area (Å²) in [6.45, 7) is 1.45. The van der Waals surface area contributed by atoms with Gasteiger partial charge in [0.2, 0.25) is 5.78 Å². The molecule has 0 saturated heterocycles. The van der Waals surface area contributed by atoms with Crippen molar-refractivity contribution in [2.75, 3.05) is 0 Å². The molecule has 0 spiro atoms. The van der Waals surface area contributed by atoms with E-state index in [0.717, 1.165) is 6.20 Å². The first-order valence-corrected chi connectivity index (χ1v) is 3.51. The first-order valence-electron chi connectivity index (χ1n) is 3.51. The van der Waals surface area contributed by atoms with Gasteiger partial charge in [0.05, 0.1) is 11.0 Å². The minimum Gasteiger partial charge on any atom is -0.321 e. The summed E-state index contributed by atoms with van der Waals surface area (Å²) in [6, 6.07) is -0.779. The van der Waals surface area contributed by atoms with Gasteiger partial charge in [-0.1, -0.05) is 0 Å². The van der Waals surface area contributed by atoms with E-state index >= 15 is 0 Å². The van der Waals surface area contributed by atoms with Crippen molar-refractivity contribution in [2.24, 2.45) is 5.73 Å². The lowest BCUT2D eigenvalue weighted by Gasteiger charge is -1.99. The van der Waals surface area contributed by atoms with Crippen LogP contribution in [0.2, 0.25) is 0 Å². The van der Waals surface area contributed by atoms with Crippen LogP contribution in [0, 0.1) is 10.1 Å². The zero-order chi connectivity index (χ0) is 10.0. The van der Waals surface area contributed by atoms with Gasteiger partial charge in [-0.3, -0.25) is 20.0 Å². The molecule has 0 aliphatic carbocycles. The number of rotatable bonds is 3. The molecule has 1 aromatic heterocycles. The van der Waals surface area contributed by atoms with Gasteiger partial charge in [0, 0.05) is 0 Å². The highest BCUT2D eigenvalue weighted by Gasteiger charge is 2.24. The lowest BCUT2D eigenvalue weighted by molar-refractivity contribution is -0.385. The topological polar surface area (TPSA) is 115 Å². The van der Waals surface area contributed by atoms with Crippen molar-refractivity contribution in [3.63, 3.8) is 0 Å². The minimum atomic E-state index is -0.779. The summed E-state index contributed by atoms with van der Waals surface area (Å²) in [5, 5.41) is 16.0. The quantitative estimate of drug-likeness (QED) is 0.385. The number of nitrogens with two attached hydrogens (primary N) is 1. The van der Waals surface area contributed by atoms with Gasteiger partial charge in [-0.15, -0.1) is 0 Å². The first kappa shape index (κ1) is 9.33. The Kier molecular flexibility index (Phi) is 2.38. The maximum atomic E-state index is 11.2. The molecule has 0 radical (unpaired) electrons. The molecule has 1 unspecified atom stereocenters. The van der Waals surface area contributed by atoms with Crippen molar-refractivity contribution in [3.8, 4) is 0 Å². The van der Waals surface area contributed by atoms with E-state index in [9.17, 15) is 14.9 Å². The monoisotopic (exact) mass is 184 g/mol. The van der Waals surface area contributed by atoms with Crippen LogP contribution in [0.4, 0.5) is 5.69 Å². The van der Waals surface area contributed by atoms with Crippen LogP contribution in [-0.2, 0) is 0 Å². The molecule has 0 fully saturated rings. The molecule has 0 bridgehead atoms. The second kappa shape index (κ2) is 3.31. The standard InChI is InChI=1S/C6H8N4O3/c1-3(7)6(11)5-4(10(12)13)2-8-9-5/h2-3H,7H2,1H3,(H,8,9). The Morgan fingerprint density at radius 1 is 1.85 bits per heavy atom. The fourth-order valence-corrected chi connectivity index (χ4v) is 0.827. The van der Waals surface area contributed by atoms with Crippen LogP contribution in [-0.4, -0.2) is 26.9 Å². The summed E-state index contributed by atoms with van der Waals surface area (Å²) in [5.74, 6) is -0.524. The van der Waals surface area contributed by atoms with E-state index in [-0.39, 0.29) is 11.4 Å². The molecule has 70 valence electrons. The number of carbonyl (C=O) groups is 1. The average molecular weight is 184 g/mol. The third kappa shape index (κ3) is 1.70. The number of nitrogens with one attached hydrogen (secondary N) is 1. The number of H-pyrrole nitrogens is 1. The summed E-state index contributed by atoms with van der Waals surface area (Å²) in [7, 11) is 0. The zero-order valence-electron chi connectivity index (χ0n) is 6.85. The van der Waals surface area contributed by atoms with Crippen molar-refractivity contribution >= 4 is 11.5 Å². The molecule has 0 saturated carbocycles. The molecule has 7 nitrogen and oxygen atoms in total. The number of aromatic amines is 1. The van der Waals surface area contributed by atoms with Crippen LogP contribution in [0.5, 0.6) is 0 Å². The fraction of sp³-hybridized carbons (Fsp3) is 0.333. The van der Waals surface area contributed by atoms with Gasteiger partial charge in [-0.05, 0) is 6.92 Å². The molecule has 1 aromatic rings. The molecule has 0 aliphatic heterocycles. The highest BCUT2D eigenvalue weighted by Crippen LogP contribution is 2.15. The molecule has 0 amide bonds. The number of hydrogen-bond acceptors (Lipinski definition) is 5. The lowest BCUT2D eigenvalue weighted by atomic mass is 10.1. The fourth-order valence-electron chi connectivity index (χ4n) is 0.827. The smallest absolute Gasteiger partial charge is 0.317 e. The number of carbonyl (C=O) groups excluding carboxylic acids is 1. The van der Waals surface area contributed by atoms with E-state index < -0.39 is 16.7 Å². The Morgan fingerprint density at radius 3 is 2.92 bits per heavy atom. The molecular weight excluding hydrogens is 176 g/mol.